The van der Waals surface area contributed by atoms with Gasteiger partial charge in [-0.25, -0.2) is 0 Å². The number of carbonyl (C=O) groups excluding carboxylic acids is 1. The van der Waals surface area contributed by atoms with E-state index >= 15 is 0 Å². The molecule has 5 rings (SSSR count). The molecule has 3 aromatic carbocycles. The Hall–Kier alpha value is -3.81. The zero-order chi connectivity index (χ0) is 22.2. The lowest BCUT2D eigenvalue weighted by atomic mass is 9.91. The standard InChI is InChI=1S/C25H16N2O3S2/c28-21-11-9-15-5-1-3-7-17(15)19(21)13-23-24(30)27(25(31)32-23)26-14-20-18-8-4-2-6-16(18)10-12-22(20)29/h1-14,29-30H/b19-13-,26-14+. The van der Waals surface area contributed by atoms with Crippen molar-refractivity contribution in [1.82, 2.24) is 4.68 Å². The van der Waals surface area contributed by atoms with Crippen LogP contribution in [0.2, 0.25) is 0 Å². The first-order chi connectivity index (χ1) is 15.5. The van der Waals surface area contributed by atoms with Gasteiger partial charge in [0.15, 0.2) is 9.74 Å². The second-order valence-corrected chi connectivity index (χ2v) is 8.85. The molecule has 5 nitrogen and oxygen atoms in total. The maximum absolute atomic E-state index is 12.5. The molecule has 2 N–H and O–H groups in total. The van der Waals surface area contributed by atoms with Gasteiger partial charge in [-0.3, -0.25) is 4.79 Å². The van der Waals surface area contributed by atoms with Crippen LogP contribution in [0.1, 0.15) is 21.6 Å². The zero-order valence-corrected chi connectivity index (χ0v) is 18.2. The van der Waals surface area contributed by atoms with E-state index in [2.05, 4.69) is 5.10 Å². The molecular weight excluding hydrogens is 440 g/mol. The lowest BCUT2D eigenvalue weighted by Crippen LogP contribution is -2.04. The van der Waals surface area contributed by atoms with Crippen LogP contribution in [0, 0.1) is 3.95 Å². The van der Waals surface area contributed by atoms with Crippen molar-refractivity contribution in [2.24, 2.45) is 5.10 Å². The molecule has 1 heterocycles. The molecule has 32 heavy (non-hydrogen) atoms. The van der Waals surface area contributed by atoms with Crippen LogP contribution < -0.4 is 0 Å². The van der Waals surface area contributed by atoms with E-state index in [0.29, 0.717) is 20.0 Å². The SMILES string of the molecule is O=C1C=Cc2ccccc2/C1=C/c1sc(=S)n(/N=C/c2c(O)ccc3ccccc23)c1O. The van der Waals surface area contributed by atoms with E-state index in [0.717, 1.165) is 33.2 Å². The van der Waals surface area contributed by atoms with Crippen molar-refractivity contribution < 1.29 is 15.0 Å². The summed E-state index contributed by atoms with van der Waals surface area (Å²) in [4.78, 5) is 12.9. The van der Waals surface area contributed by atoms with Crippen molar-refractivity contribution in [3.63, 3.8) is 0 Å². The lowest BCUT2D eigenvalue weighted by Gasteiger charge is -2.12. The van der Waals surface area contributed by atoms with E-state index in [1.807, 2.05) is 54.6 Å². The zero-order valence-electron chi connectivity index (χ0n) is 16.6. The minimum atomic E-state index is -0.164. The van der Waals surface area contributed by atoms with E-state index < -0.39 is 0 Å². The van der Waals surface area contributed by atoms with Crippen molar-refractivity contribution >= 4 is 64.1 Å². The average Bonchev–Trinajstić information content (AvgIpc) is 3.07. The molecule has 156 valence electrons. The highest BCUT2D eigenvalue weighted by Crippen LogP contribution is 2.34. The van der Waals surface area contributed by atoms with Crippen LogP contribution in [0.15, 0.2) is 71.8 Å². The fourth-order valence-electron chi connectivity index (χ4n) is 3.66. The van der Waals surface area contributed by atoms with E-state index in [1.54, 1.807) is 18.2 Å². The Morgan fingerprint density at radius 1 is 0.969 bits per heavy atom. The van der Waals surface area contributed by atoms with Gasteiger partial charge in [0.1, 0.15) is 5.75 Å². The second-order valence-electron chi connectivity index (χ2n) is 7.17. The molecule has 0 radical (unpaired) electrons. The van der Waals surface area contributed by atoms with Crippen LogP contribution in [0.3, 0.4) is 0 Å². The number of phenols is 1. The number of allylic oxidation sites excluding steroid dienone is 2. The van der Waals surface area contributed by atoms with Gasteiger partial charge in [-0.15, -0.1) is 0 Å². The number of benzene rings is 3. The first-order valence-electron chi connectivity index (χ1n) is 9.76. The molecule has 0 saturated carbocycles. The van der Waals surface area contributed by atoms with Gasteiger partial charge >= 0.3 is 0 Å². The lowest BCUT2D eigenvalue weighted by molar-refractivity contribution is -0.109. The van der Waals surface area contributed by atoms with Gasteiger partial charge in [-0.05, 0) is 52.3 Å². The van der Waals surface area contributed by atoms with Gasteiger partial charge in [0.2, 0.25) is 5.88 Å². The minimum Gasteiger partial charge on any atom is -0.507 e. The third-order valence-electron chi connectivity index (χ3n) is 5.25. The Morgan fingerprint density at radius 3 is 2.62 bits per heavy atom. The van der Waals surface area contributed by atoms with Crippen LogP contribution in [0.25, 0.3) is 28.5 Å². The molecule has 0 aliphatic heterocycles. The minimum absolute atomic E-state index is 0.0761. The molecule has 0 fully saturated rings. The third-order valence-corrected chi connectivity index (χ3v) is 6.54. The number of phenolic OH excluding ortho intramolecular Hbond substituents is 1. The Balaban J connectivity index is 1.58. The normalized spacial score (nSPS) is 14.5. The molecule has 0 unspecified atom stereocenters. The summed E-state index contributed by atoms with van der Waals surface area (Å²) in [6.07, 6.45) is 6.41. The summed E-state index contributed by atoms with van der Waals surface area (Å²) in [5, 5.41) is 27.2. The van der Waals surface area contributed by atoms with Crippen molar-refractivity contribution in [1.29, 1.82) is 0 Å². The largest absolute Gasteiger partial charge is 0.507 e. The maximum Gasteiger partial charge on any atom is 0.232 e. The van der Waals surface area contributed by atoms with Gasteiger partial charge in [0, 0.05) is 11.1 Å². The predicted octanol–water partition coefficient (Wildman–Crippen LogP) is 5.86. The van der Waals surface area contributed by atoms with Crippen LogP contribution in [-0.4, -0.2) is 26.9 Å². The third kappa shape index (κ3) is 3.47. The number of hydrogen-bond donors (Lipinski definition) is 2. The molecule has 1 aliphatic carbocycles. The summed E-state index contributed by atoms with van der Waals surface area (Å²) in [6, 6.07) is 18.6. The van der Waals surface area contributed by atoms with E-state index in [4.69, 9.17) is 12.2 Å². The maximum atomic E-state index is 12.5. The molecule has 0 spiro atoms. The second kappa shape index (κ2) is 8.03. The van der Waals surface area contributed by atoms with Gasteiger partial charge in [-0.2, -0.15) is 9.78 Å². The van der Waals surface area contributed by atoms with E-state index in [1.165, 1.54) is 17.0 Å². The highest BCUT2D eigenvalue weighted by atomic mass is 32.1. The average molecular weight is 457 g/mol. The van der Waals surface area contributed by atoms with Crippen molar-refractivity contribution in [3.05, 3.63) is 92.3 Å². The molecule has 0 atom stereocenters. The van der Waals surface area contributed by atoms with Crippen molar-refractivity contribution in [2.45, 2.75) is 0 Å². The van der Waals surface area contributed by atoms with Gasteiger partial charge in [0.05, 0.1) is 11.1 Å². The number of thiazole rings is 1. The van der Waals surface area contributed by atoms with Crippen molar-refractivity contribution in [3.8, 4) is 11.6 Å². The van der Waals surface area contributed by atoms with E-state index in [9.17, 15) is 15.0 Å². The number of carbonyl (C=O) groups is 1. The van der Waals surface area contributed by atoms with Crippen LogP contribution in [0.5, 0.6) is 11.6 Å². The highest BCUT2D eigenvalue weighted by Gasteiger charge is 2.19. The number of fused-ring (bicyclic) bond motifs is 2. The first-order valence-corrected chi connectivity index (χ1v) is 11.0. The van der Waals surface area contributed by atoms with Gasteiger partial charge < -0.3 is 10.2 Å². The highest BCUT2D eigenvalue weighted by molar-refractivity contribution is 7.73. The molecule has 1 aliphatic rings. The molecule has 0 bridgehead atoms. The summed E-state index contributed by atoms with van der Waals surface area (Å²) in [6.45, 7) is 0. The number of nitrogens with zero attached hydrogens (tertiary/aromatic N) is 2. The summed E-state index contributed by atoms with van der Waals surface area (Å²) in [5.41, 5.74) is 2.74. The van der Waals surface area contributed by atoms with E-state index in [-0.39, 0.29) is 17.4 Å². The Kier molecular flexibility index (Phi) is 5.05. The summed E-state index contributed by atoms with van der Waals surface area (Å²) < 4.78 is 1.54. The molecule has 0 saturated heterocycles. The Bertz CT molecular complexity index is 1540. The van der Waals surface area contributed by atoms with Crippen LogP contribution >= 0.6 is 23.6 Å². The van der Waals surface area contributed by atoms with Crippen molar-refractivity contribution in [2.75, 3.05) is 0 Å². The molecule has 0 amide bonds. The van der Waals surface area contributed by atoms with Crippen LogP contribution in [-0.2, 0) is 4.79 Å². The predicted molar refractivity (Wildman–Crippen MR) is 132 cm³/mol. The molecular formula is C25H16N2O3S2. The number of ketones is 1. The fourth-order valence-corrected chi connectivity index (χ4v) is 4.83. The monoisotopic (exact) mass is 456 g/mol. The quantitative estimate of drug-likeness (QED) is 0.230. The summed E-state index contributed by atoms with van der Waals surface area (Å²) in [7, 11) is 0. The summed E-state index contributed by atoms with van der Waals surface area (Å²) in [5.74, 6) is -0.228. The van der Waals surface area contributed by atoms with Crippen LogP contribution in [0.4, 0.5) is 0 Å². The number of rotatable bonds is 3. The molecule has 4 aromatic rings. The fraction of sp³-hybridized carbons (Fsp3) is 0. The number of aromatic nitrogens is 1. The smallest absolute Gasteiger partial charge is 0.232 e. The topological polar surface area (TPSA) is 74.8 Å². The number of aromatic hydroxyl groups is 2. The van der Waals surface area contributed by atoms with Gasteiger partial charge in [0.25, 0.3) is 0 Å². The Labute approximate surface area is 192 Å². The molecule has 1 aromatic heterocycles. The first kappa shape index (κ1) is 20.1. The molecule has 7 heteroatoms. The van der Waals surface area contributed by atoms with Gasteiger partial charge in [-0.1, -0.05) is 72.0 Å². The summed E-state index contributed by atoms with van der Waals surface area (Å²) >= 11 is 6.55. The Morgan fingerprint density at radius 2 is 1.75 bits per heavy atom. The number of hydrogen-bond acceptors (Lipinski definition) is 6.